The van der Waals surface area contributed by atoms with Crippen LogP contribution in [0.1, 0.15) is 16.7 Å². The molecule has 2 aliphatic heterocycles. The van der Waals surface area contributed by atoms with E-state index in [0.29, 0.717) is 11.5 Å². The number of ether oxygens (including phenoxy) is 2. The molecular formula is C18H13BrN2O4. The summed E-state index contributed by atoms with van der Waals surface area (Å²) in [6.07, 6.45) is 2.61. The van der Waals surface area contributed by atoms with Crippen LogP contribution in [0.15, 0.2) is 51.9 Å². The number of aliphatic carboxylic acids is 1. The van der Waals surface area contributed by atoms with Crippen molar-refractivity contribution in [2.45, 2.75) is 5.54 Å². The number of amidine groups is 1. The molecule has 4 rings (SSSR count). The number of rotatable bonds is 2. The van der Waals surface area contributed by atoms with Crippen molar-refractivity contribution in [1.82, 2.24) is 0 Å². The molecule has 0 bridgehead atoms. The maximum absolute atomic E-state index is 10.8. The van der Waals surface area contributed by atoms with Gasteiger partial charge in [-0.05, 0) is 42.0 Å². The van der Waals surface area contributed by atoms with Gasteiger partial charge in [-0.25, -0.2) is 9.79 Å². The lowest BCUT2D eigenvalue weighted by Gasteiger charge is -2.33. The Kier molecular flexibility index (Phi) is 3.54. The van der Waals surface area contributed by atoms with Crippen LogP contribution in [0.5, 0.6) is 11.5 Å². The molecule has 0 saturated carbocycles. The van der Waals surface area contributed by atoms with E-state index in [2.05, 4.69) is 20.9 Å². The minimum atomic E-state index is -1.01. The van der Waals surface area contributed by atoms with Gasteiger partial charge in [0.05, 0.1) is 0 Å². The fourth-order valence-electron chi connectivity index (χ4n) is 3.12. The van der Waals surface area contributed by atoms with Crippen molar-refractivity contribution in [2.24, 2.45) is 10.7 Å². The van der Waals surface area contributed by atoms with Gasteiger partial charge >= 0.3 is 5.97 Å². The number of carbonyl (C=O) groups is 1. The maximum Gasteiger partial charge on any atom is 0.328 e. The van der Waals surface area contributed by atoms with Gasteiger partial charge in [0.15, 0.2) is 5.54 Å². The average molecular weight is 401 g/mol. The lowest BCUT2D eigenvalue weighted by molar-refractivity contribution is -0.131. The van der Waals surface area contributed by atoms with Crippen LogP contribution in [-0.2, 0) is 15.1 Å². The van der Waals surface area contributed by atoms with E-state index in [-0.39, 0.29) is 12.6 Å². The van der Waals surface area contributed by atoms with Crippen LogP contribution in [-0.4, -0.2) is 23.7 Å². The van der Waals surface area contributed by atoms with Gasteiger partial charge in [-0.1, -0.05) is 22.0 Å². The minimum absolute atomic E-state index is 0.116. The van der Waals surface area contributed by atoms with E-state index in [1.54, 1.807) is 12.1 Å². The summed E-state index contributed by atoms with van der Waals surface area (Å²) >= 11 is 3.48. The van der Waals surface area contributed by atoms with E-state index in [9.17, 15) is 4.79 Å². The molecule has 0 unspecified atom stereocenters. The van der Waals surface area contributed by atoms with Crippen molar-refractivity contribution in [3.63, 3.8) is 0 Å². The van der Waals surface area contributed by atoms with Gasteiger partial charge in [-0.15, -0.1) is 0 Å². The molecule has 0 amide bonds. The molecular weight excluding hydrogens is 388 g/mol. The van der Waals surface area contributed by atoms with Crippen LogP contribution >= 0.6 is 15.9 Å². The monoisotopic (exact) mass is 400 g/mol. The van der Waals surface area contributed by atoms with Crippen LogP contribution in [0.4, 0.5) is 0 Å². The molecule has 1 spiro atoms. The van der Waals surface area contributed by atoms with Crippen LogP contribution in [0.2, 0.25) is 0 Å². The SMILES string of the molecule is NC1=N[C@@]2(CO1)c1cc(Br)ccc1Oc1ccc(C=CC(=O)O)cc12. The quantitative estimate of drug-likeness (QED) is 0.754. The zero-order valence-electron chi connectivity index (χ0n) is 12.9. The molecule has 2 aromatic rings. The zero-order valence-corrected chi connectivity index (χ0v) is 14.5. The zero-order chi connectivity index (χ0) is 17.6. The van der Waals surface area contributed by atoms with Gasteiger partial charge in [0.25, 0.3) is 6.02 Å². The topological polar surface area (TPSA) is 94.1 Å². The number of carboxylic acid groups (broad SMARTS) is 1. The number of nitrogens with two attached hydrogens (primary N) is 1. The number of aliphatic imine (C=N–C) groups is 1. The van der Waals surface area contributed by atoms with Gasteiger partial charge in [-0.3, -0.25) is 0 Å². The molecule has 6 nitrogen and oxygen atoms in total. The lowest BCUT2D eigenvalue weighted by atomic mass is 9.81. The molecule has 0 saturated heterocycles. The molecule has 2 aliphatic rings. The summed E-state index contributed by atoms with van der Waals surface area (Å²) in [5, 5.41) is 8.84. The number of hydrogen-bond acceptors (Lipinski definition) is 5. The molecule has 7 heteroatoms. The van der Waals surface area contributed by atoms with Gasteiger partial charge in [-0.2, -0.15) is 0 Å². The van der Waals surface area contributed by atoms with Crippen molar-refractivity contribution in [3.05, 3.63) is 63.6 Å². The predicted molar refractivity (Wildman–Crippen MR) is 95.7 cm³/mol. The number of carboxylic acids is 1. The highest BCUT2D eigenvalue weighted by molar-refractivity contribution is 9.10. The molecule has 126 valence electrons. The number of benzene rings is 2. The van der Waals surface area contributed by atoms with Crippen molar-refractivity contribution in [3.8, 4) is 11.5 Å². The second-order valence-corrected chi connectivity index (χ2v) is 6.68. The van der Waals surface area contributed by atoms with E-state index in [1.165, 1.54) is 6.08 Å². The Morgan fingerprint density at radius 3 is 2.64 bits per heavy atom. The molecule has 0 fully saturated rings. The summed E-state index contributed by atoms with van der Waals surface area (Å²) in [6.45, 7) is 0.255. The fourth-order valence-corrected chi connectivity index (χ4v) is 3.48. The van der Waals surface area contributed by atoms with E-state index >= 15 is 0 Å². The fraction of sp³-hybridized carbons (Fsp3) is 0.111. The Hall–Kier alpha value is -2.80. The van der Waals surface area contributed by atoms with Crippen LogP contribution in [0.3, 0.4) is 0 Å². The van der Waals surface area contributed by atoms with Crippen molar-refractivity contribution < 1.29 is 19.4 Å². The summed E-state index contributed by atoms with van der Waals surface area (Å²) < 4.78 is 12.4. The largest absolute Gasteiger partial charge is 0.478 e. The van der Waals surface area contributed by atoms with Crippen LogP contribution < -0.4 is 10.5 Å². The molecule has 3 N–H and O–H groups in total. The van der Waals surface area contributed by atoms with Gasteiger partial charge in [0, 0.05) is 21.7 Å². The van der Waals surface area contributed by atoms with E-state index in [1.807, 2.05) is 24.3 Å². The van der Waals surface area contributed by atoms with Gasteiger partial charge in [0.2, 0.25) is 0 Å². The van der Waals surface area contributed by atoms with Crippen molar-refractivity contribution in [1.29, 1.82) is 0 Å². The summed E-state index contributed by atoms with van der Waals surface area (Å²) in [6, 6.07) is 11.3. The number of hydrogen-bond donors (Lipinski definition) is 2. The molecule has 0 aliphatic carbocycles. The van der Waals surface area contributed by atoms with Gasteiger partial charge < -0.3 is 20.3 Å². The molecule has 0 radical (unpaired) electrons. The molecule has 2 heterocycles. The number of fused-ring (bicyclic) bond motifs is 4. The Bertz CT molecular complexity index is 954. The second-order valence-electron chi connectivity index (χ2n) is 5.77. The molecule has 1 atom stereocenters. The third-order valence-corrected chi connectivity index (χ3v) is 4.70. The van der Waals surface area contributed by atoms with Crippen LogP contribution in [0, 0.1) is 0 Å². The Balaban J connectivity index is 1.93. The average Bonchev–Trinajstić information content (AvgIpc) is 2.97. The smallest absolute Gasteiger partial charge is 0.328 e. The van der Waals surface area contributed by atoms with Gasteiger partial charge in [0.1, 0.15) is 18.1 Å². The Labute approximate surface area is 151 Å². The first-order valence-electron chi connectivity index (χ1n) is 7.49. The summed E-state index contributed by atoms with van der Waals surface area (Å²) in [5.41, 5.74) is 7.35. The molecule has 0 aromatic heterocycles. The highest BCUT2D eigenvalue weighted by Gasteiger charge is 2.47. The third kappa shape index (κ3) is 2.56. The van der Waals surface area contributed by atoms with E-state index in [0.717, 1.165) is 27.2 Å². The minimum Gasteiger partial charge on any atom is -0.478 e. The molecule has 2 aromatic carbocycles. The van der Waals surface area contributed by atoms with Crippen molar-refractivity contribution >= 4 is 34.0 Å². The van der Waals surface area contributed by atoms with Crippen molar-refractivity contribution in [2.75, 3.05) is 6.61 Å². The van der Waals surface area contributed by atoms with Crippen LogP contribution in [0.25, 0.3) is 6.08 Å². The normalized spacial score (nSPS) is 20.6. The predicted octanol–water partition coefficient (Wildman–Crippen LogP) is 3.24. The summed E-state index contributed by atoms with van der Waals surface area (Å²) in [7, 11) is 0. The second kappa shape index (κ2) is 5.63. The van der Waals surface area contributed by atoms with E-state index in [4.69, 9.17) is 20.3 Å². The first kappa shape index (κ1) is 15.7. The summed E-state index contributed by atoms with van der Waals surface area (Å²) in [5.74, 6) is 0.320. The highest BCUT2D eigenvalue weighted by Crippen LogP contribution is 2.51. The summed E-state index contributed by atoms with van der Waals surface area (Å²) in [4.78, 5) is 15.4. The third-order valence-electron chi connectivity index (χ3n) is 4.20. The lowest BCUT2D eigenvalue weighted by Crippen LogP contribution is -2.31. The highest BCUT2D eigenvalue weighted by atomic mass is 79.9. The van der Waals surface area contributed by atoms with E-state index < -0.39 is 11.5 Å². The maximum atomic E-state index is 10.8. The number of halogens is 1. The first-order chi connectivity index (χ1) is 12.0. The molecule has 25 heavy (non-hydrogen) atoms. The Morgan fingerprint density at radius 1 is 1.24 bits per heavy atom. The first-order valence-corrected chi connectivity index (χ1v) is 8.29. The standard InChI is InChI=1S/C18H13BrN2O4/c19-11-3-5-15-13(8-11)18(9-24-17(20)21-18)12-7-10(2-6-16(22)23)1-4-14(12)25-15/h1-8H,9H2,(H2,20,21)(H,22,23)/t18-/m1/s1. The Morgan fingerprint density at radius 2 is 1.96 bits per heavy atom. The number of nitrogens with zero attached hydrogens (tertiary/aromatic N) is 1.